The summed E-state index contributed by atoms with van der Waals surface area (Å²) in [7, 11) is 0. The van der Waals surface area contributed by atoms with Gasteiger partial charge in [-0.3, -0.25) is 4.79 Å². The Morgan fingerprint density at radius 1 is 1.38 bits per heavy atom. The topological polar surface area (TPSA) is 80.9 Å². The van der Waals surface area contributed by atoms with Crippen LogP contribution in [0.1, 0.15) is 9.67 Å². The maximum atomic E-state index is 13.1. The van der Waals surface area contributed by atoms with Gasteiger partial charge in [0.1, 0.15) is 15.5 Å². The molecule has 0 unspecified atom stereocenters. The van der Waals surface area contributed by atoms with Crippen molar-refractivity contribution < 1.29 is 9.18 Å². The zero-order chi connectivity index (χ0) is 15.0. The lowest BCUT2D eigenvalue weighted by Crippen LogP contribution is -2.12. The van der Waals surface area contributed by atoms with Gasteiger partial charge in [0, 0.05) is 11.1 Å². The third-order valence-corrected chi connectivity index (χ3v) is 4.20. The van der Waals surface area contributed by atoms with Crippen molar-refractivity contribution in [3.05, 3.63) is 46.2 Å². The molecule has 0 spiro atoms. The van der Waals surface area contributed by atoms with E-state index in [9.17, 15) is 9.18 Å². The molecular weight excluding hydrogens is 315 g/mol. The second-order valence-electron chi connectivity index (χ2n) is 4.18. The van der Waals surface area contributed by atoms with Gasteiger partial charge in [0.15, 0.2) is 0 Å². The summed E-state index contributed by atoms with van der Waals surface area (Å²) in [6, 6.07) is 5.62. The van der Waals surface area contributed by atoms with Crippen molar-refractivity contribution in [2.75, 3.05) is 11.1 Å². The van der Waals surface area contributed by atoms with Crippen LogP contribution in [0.25, 0.3) is 10.2 Å². The van der Waals surface area contributed by atoms with E-state index in [0.717, 1.165) is 11.3 Å². The van der Waals surface area contributed by atoms with Crippen LogP contribution in [0, 0.1) is 5.82 Å². The number of fused-ring (bicyclic) bond motifs is 1. The number of nitrogen functional groups attached to an aromatic ring is 1. The zero-order valence-corrected chi connectivity index (χ0v) is 12.0. The molecule has 3 aromatic rings. The lowest BCUT2D eigenvalue weighted by Gasteiger charge is -2.05. The van der Waals surface area contributed by atoms with Gasteiger partial charge in [-0.1, -0.05) is 11.6 Å². The number of carbonyl (C=O) groups excluding carboxylic acids is 1. The average Bonchev–Trinajstić information content (AvgIpc) is 2.81. The van der Waals surface area contributed by atoms with E-state index >= 15 is 0 Å². The molecule has 0 aliphatic heterocycles. The van der Waals surface area contributed by atoms with Crippen molar-refractivity contribution >= 4 is 50.4 Å². The van der Waals surface area contributed by atoms with Crippen LogP contribution in [0.2, 0.25) is 5.02 Å². The number of halogens is 2. The van der Waals surface area contributed by atoms with Crippen LogP contribution in [-0.2, 0) is 0 Å². The van der Waals surface area contributed by atoms with E-state index in [4.69, 9.17) is 17.3 Å². The predicted octanol–water partition coefficient (Wildman–Crippen LogP) is 3.32. The number of nitrogens with two attached hydrogens (primary N) is 1. The number of thiophene rings is 1. The number of anilines is 2. The summed E-state index contributed by atoms with van der Waals surface area (Å²) in [6.45, 7) is 0. The van der Waals surface area contributed by atoms with Crippen LogP contribution >= 0.6 is 22.9 Å². The molecule has 1 amide bonds. The minimum atomic E-state index is -0.550. The number of nitrogens with one attached hydrogen (secondary N) is 1. The summed E-state index contributed by atoms with van der Waals surface area (Å²) in [6.07, 6.45) is 1.51. The van der Waals surface area contributed by atoms with Crippen molar-refractivity contribution in [2.45, 2.75) is 0 Å². The van der Waals surface area contributed by atoms with Gasteiger partial charge in [-0.25, -0.2) is 4.39 Å². The van der Waals surface area contributed by atoms with E-state index in [-0.39, 0.29) is 5.02 Å². The third-order valence-electron chi connectivity index (χ3n) is 2.80. The lowest BCUT2D eigenvalue weighted by molar-refractivity contribution is 0.103. The van der Waals surface area contributed by atoms with Crippen LogP contribution in [-0.4, -0.2) is 16.1 Å². The van der Waals surface area contributed by atoms with Crippen molar-refractivity contribution in [1.29, 1.82) is 0 Å². The Bertz CT molecular complexity index is 851. The first kappa shape index (κ1) is 13.7. The van der Waals surface area contributed by atoms with E-state index in [1.54, 1.807) is 6.07 Å². The maximum absolute atomic E-state index is 13.1. The van der Waals surface area contributed by atoms with Crippen molar-refractivity contribution in [3.8, 4) is 0 Å². The minimum Gasteiger partial charge on any atom is -0.397 e. The number of amides is 1. The Kier molecular flexibility index (Phi) is 3.44. The van der Waals surface area contributed by atoms with Gasteiger partial charge >= 0.3 is 0 Å². The summed E-state index contributed by atoms with van der Waals surface area (Å²) < 4.78 is 13.1. The molecule has 0 fully saturated rings. The average molecular weight is 323 g/mol. The highest BCUT2D eigenvalue weighted by molar-refractivity contribution is 7.21. The monoisotopic (exact) mass is 322 g/mol. The molecule has 0 atom stereocenters. The smallest absolute Gasteiger partial charge is 0.267 e. The molecule has 2 heterocycles. The van der Waals surface area contributed by atoms with Crippen molar-refractivity contribution in [2.24, 2.45) is 0 Å². The van der Waals surface area contributed by atoms with Gasteiger partial charge in [-0.15, -0.1) is 16.4 Å². The molecule has 5 nitrogen and oxygen atoms in total. The molecule has 0 aliphatic rings. The number of benzene rings is 1. The van der Waals surface area contributed by atoms with E-state index in [2.05, 4.69) is 15.5 Å². The molecule has 0 bridgehead atoms. The normalized spacial score (nSPS) is 10.8. The van der Waals surface area contributed by atoms with Crippen molar-refractivity contribution in [1.82, 2.24) is 10.2 Å². The molecule has 3 rings (SSSR count). The first-order valence-electron chi connectivity index (χ1n) is 5.82. The van der Waals surface area contributed by atoms with E-state index in [0.29, 0.717) is 26.5 Å². The summed E-state index contributed by atoms with van der Waals surface area (Å²) in [5, 5.41) is 10.9. The fourth-order valence-electron chi connectivity index (χ4n) is 1.80. The van der Waals surface area contributed by atoms with Crippen LogP contribution in [0.3, 0.4) is 0 Å². The summed E-state index contributed by atoms with van der Waals surface area (Å²) in [4.78, 5) is 13.1. The SMILES string of the molecule is Nc1c(C(=O)Nc2ccc(F)c(Cl)c2)sc2nnccc12. The minimum absolute atomic E-state index is 0.0667. The molecular formula is C13H8ClFN4OS. The van der Waals surface area contributed by atoms with Crippen LogP contribution in [0.4, 0.5) is 15.8 Å². The maximum Gasteiger partial charge on any atom is 0.267 e. The Morgan fingerprint density at radius 2 is 2.19 bits per heavy atom. The van der Waals surface area contributed by atoms with Crippen LogP contribution in [0.15, 0.2) is 30.5 Å². The number of hydrogen-bond acceptors (Lipinski definition) is 5. The molecule has 0 saturated heterocycles. The highest BCUT2D eigenvalue weighted by atomic mass is 35.5. The Labute approximate surface area is 127 Å². The Hall–Kier alpha value is -2.25. The first-order chi connectivity index (χ1) is 10.1. The number of hydrogen-bond donors (Lipinski definition) is 2. The molecule has 0 saturated carbocycles. The summed E-state index contributed by atoms with van der Waals surface area (Å²) >= 11 is 6.81. The fraction of sp³-hybridized carbons (Fsp3) is 0. The lowest BCUT2D eigenvalue weighted by atomic mass is 10.2. The largest absolute Gasteiger partial charge is 0.397 e. The molecule has 3 N–H and O–H groups in total. The van der Waals surface area contributed by atoms with Crippen LogP contribution in [0.5, 0.6) is 0 Å². The molecule has 0 radical (unpaired) electrons. The Morgan fingerprint density at radius 3 is 2.90 bits per heavy atom. The molecule has 1 aromatic carbocycles. The number of aromatic nitrogens is 2. The predicted molar refractivity (Wildman–Crippen MR) is 81.2 cm³/mol. The zero-order valence-electron chi connectivity index (χ0n) is 10.4. The first-order valence-corrected chi connectivity index (χ1v) is 7.02. The molecule has 106 valence electrons. The van der Waals surface area contributed by atoms with E-state index in [1.807, 2.05) is 0 Å². The van der Waals surface area contributed by atoms with E-state index < -0.39 is 11.7 Å². The molecule has 8 heteroatoms. The van der Waals surface area contributed by atoms with E-state index in [1.165, 1.54) is 24.4 Å². The summed E-state index contributed by atoms with van der Waals surface area (Å²) in [5.41, 5.74) is 6.67. The number of rotatable bonds is 2. The molecule has 21 heavy (non-hydrogen) atoms. The second-order valence-corrected chi connectivity index (χ2v) is 5.58. The molecule has 0 aliphatic carbocycles. The number of carbonyl (C=O) groups is 1. The van der Waals surface area contributed by atoms with Gasteiger partial charge < -0.3 is 11.1 Å². The fourth-order valence-corrected chi connectivity index (χ4v) is 2.92. The standard InChI is InChI=1S/C13H8ClFN4OS/c14-8-5-6(1-2-9(8)15)18-12(20)11-10(16)7-3-4-17-19-13(7)21-11/h1-5H,16H2,(H,18,20). The quantitative estimate of drug-likeness (QED) is 0.758. The highest BCUT2D eigenvalue weighted by Gasteiger charge is 2.17. The number of nitrogens with zero attached hydrogens (tertiary/aromatic N) is 2. The molecule has 2 aromatic heterocycles. The third kappa shape index (κ3) is 2.53. The van der Waals surface area contributed by atoms with Gasteiger partial charge in [0.05, 0.1) is 16.9 Å². The second kappa shape index (κ2) is 5.27. The van der Waals surface area contributed by atoms with Gasteiger partial charge in [0.25, 0.3) is 5.91 Å². The van der Waals surface area contributed by atoms with Crippen molar-refractivity contribution in [3.63, 3.8) is 0 Å². The van der Waals surface area contributed by atoms with Gasteiger partial charge in [-0.2, -0.15) is 5.10 Å². The van der Waals surface area contributed by atoms with Crippen LogP contribution < -0.4 is 11.1 Å². The Balaban J connectivity index is 1.93. The van der Waals surface area contributed by atoms with Gasteiger partial charge in [0.2, 0.25) is 0 Å². The highest BCUT2D eigenvalue weighted by Crippen LogP contribution is 2.32. The van der Waals surface area contributed by atoms with Gasteiger partial charge in [-0.05, 0) is 24.3 Å². The summed E-state index contributed by atoms with van der Waals surface area (Å²) in [5.74, 6) is -0.954.